The van der Waals surface area contributed by atoms with Crippen molar-refractivity contribution in [2.75, 3.05) is 12.3 Å². The van der Waals surface area contributed by atoms with Crippen molar-refractivity contribution in [1.82, 2.24) is 31.2 Å². The number of nitrogens with zero attached hydrogens (tertiary/aromatic N) is 1. The number of hydrogen-bond acceptors (Lipinski definition) is 7. The average molecular weight is 469 g/mol. The van der Waals surface area contributed by atoms with Crippen molar-refractivity contribution >= 4 is 36.3 Å². The lowest BCUT2D eigenvalue weighted by Crippen LogP contribution is -2.58. The van der Waals surface area contributed by atoms with Gasteiger partial charge in [0.2, 0.25) is 17.7 Å². The van der Waals surface area contributed by atoms with Gasteiger partial charge in [-0.2, -0.15) is 12.6 Å². The van der Waals surface area contributed by atoms with Crippen molar-refractivity contribution < 1.29 is 24.3 Å². The van der Waals surface area contributed by atoms with Crippen LogP contribution in [0.5, 0.6) is 0 Å². The number of carboxylic acid groups (broad SMARTS) is 1. The summed E-state index contributed by atoms with van der Waals surface area (Å²) < 4.78 is 0. The molecular formula is C20H32N6O5S. The van der Waals surface area contributed by atoms with E-state index in [0.29, 0.717) is 18.5 Å². The van der Waals surface area contributed by atoms with Gasteiger partial charge in [-0.1, -0.05) is 13.8 Å². The summed E-state index contributed by atoms with van der Waals surface area (Å²) in [4.78, 5) is 56.3. The lowest BCUT2D eigenvalue weighted by Gasteiger charge is -2.25. The minimum Gasteiger partial charge on any atom is -0.480 e. The van der Waals surface area contributed by atoms with E-state index < -0.39 is 35.9 Å². The van der Waals surface area contributed by atoms with Crippen LogP contribution in [0.4, 0.5) is 0 Å². The fourth-order valence-electron chi connectivity index (χ4n) is 3.44. The van der Waals surface area contributed by atoms with Gasteiger partial charge in [-0.15, -0.1) is 0 Å². The number of imidazole rings is 1. The first-order chi connectivity index (χ1) is 15.2. The van der Waals surface area contributed by atoms with E-state index in [2.05, 4.69) is 43.9 Å². The van der Waals surface area contributed by atoms with Crippen LogP contribution in [0.25, 0.3) is 0 Å². The van der Waals surface area contributed by atoms with E-state index in [1.165, 1.54) is 12.5 Å². The van der Waals surface area contributed by atoms with Gasteiger partial charge in [0.05, 0.1) is 12.4 Å². The maximum Gasteiger partial charge on any atom is 0.326 e. The minimum atomic E-state index is -1.20. The van der Waals surface area contributed by atoms with Gasteiger partial charge < -0.3 is 31.4 Å². The van der Waals surface area contributed by atoms with Crippen molar-refractivity contribution in [2.24, 2.45) is 5.92 Å². The second kappa shape index (κ2) is 12.4. The molecule has 6 N–H and O–H groups in total. The highest BCUT2D eigenvalue weighted by molar-refractivity contribution is 7.80. The first-order valence-corrected chi connectivity index (χ1v) is 11.3. The number of aromatic nitrogens is 2. The van der Waals surface area contributed by atoms with Gasteiger partial charge >= 0.3 is 5.97 Å². The first kappa shape index (κ1) is 25.7. The number of nitrogens with one attached hydrogen (secondary N) is 5. The molecule has 11 nitrogen and oxygen atoms in total. The third-order valence-corrected chi connectivity index (χ3v) is 5.49. The van der Waals surface area contributed by atoms with Gasteiger partial charge in [0.15, 0.2) is 0 Å². The number of rotatable bonds is 12. The molecule has 2 rings (SSSR count). The van der Waals surface area contributed by atoms with Crippen LogP contribution in [0.2, 0.25) is 0 Å². The summed E-state index contributed by atoms with van der Waals surface area (Å²) >= 11 is 4.16. The van der Waals surface area contributed by atoms with Gasteiger partial charge in [-0.3, -0.25) is 14.4 Å². The summed E-state index contributed by atoms with van der Waals surface area (Å²) in [5, 5.41) is 20.4. The van der Waals surface area contributed by atoms with Crippen molar-refractivity contribution in [3.8, 4) is 0 Å². The van der Waals surface area contributed by atoms with Crippen molar-refractivity contribution in [1.29, 1.82) is 0 Å². The molecule has 0 spiro atoms. The largest absolute Gasteiger partial charge is 0.480 e. The van der Waals surface area contributed by atoms with E-state index in [1.807, 2.05) is 13.8 Å². The molecule has 0 radical (unpaired) electrons. The number of amides is 3. The number of aromatic amines is 1. The summed E-state index contributed by atoms with van der Waals surface area (Å²) in [6, 6.07) is -3.42. The Morgan fingerprint density at radius 1 is 1.16 bits per heavy atom. The highest BCUT2D eigenvalue weighted by Crippen LogP contribution is 2.09. The number of hydrogen-bond donors (Lipinski definition) is 7. The summed E-state index contributed by atoms with van der Waals surface area (Å²) in [6.07, 6.45) is 4.80. The Bertz CT molecular complexity index is 781. The van der Waals surface area contributed by atoms with Crippen molar-refractivity contribution in [2.45, 2.75) is 63.7 Å². The molecule has 1 aliphatic heterocycles. The van der Waals surface area contributed by atoms with Crippen molar-refractivity contribution in [3.63, 3.8) is 0 Å². The van der Waals surface area contributed by atoms with Gasteiger partial charge in [-0.25, -0.2) is 9.78 Å². The molecule has 2 heterocycles. The maximum atomic E-state index is 12.9. The number of thiol groups is 1. The Balaban J connectivity index is 2.02. The number of carbonyl (C=O) groups is 4. The second-order valence-electron chi connectivity index (χ2n) is 8.26. The zero-order valence-corrected chi connectivity index (χ0v) is 19.2. The van der Waals surface area contributed by atoms with E-state index in [4.69, 9.17) is 0 Å². The van der Waals surface area contributed by atoms with Gasteiger partial charge in [-0.05, 0) is 31.7 Å². The van der Waals surface area contributed by atoms with Crippen LogP contribution in [0.1, 0.15) is 38.8 Å². The van der Waals surface area contributed by atoms with E-state index in [1.54, 1.807) is 0 Å². The topological polar surface area (TPSA) is 165 Å². The molecule has 3 amide bonds. The number of carbonyl (C=O) groups excluding carboxylic acids is 3. The number of H-pyrrole nitrogens is 1. The minimum absolute atomic E-state index is 0.0210. The SMILES string of the molecule is CC(C)CC(NC(=O)C(CS)NC(=O)C1CCCN1)C(=O)NC(Cc1cnc[nH]1)C(=O)O. The van der Waals surface area contributed by atoms with Crippen molar-refractivity contribution in [3.05, 3.63) is 18.2 Å². The molecule has 1 aliphatic rings. The Hall–Kier alpha value is -2.60. The zero-order valence-electron chi connectivity index (χ0n) is 18.3. The van der Waals surface area contributed by atoms with Gasteiger partial charge in [0.1, 0.15) is 18.1 Å². The molecule has 4 unspecified atom stereocenters. The maximum absolute atomic E-state index is 12.9. The van der Waals surface area contributed by atoms with E-state index >= 15 is 0 Å². The predicted octanol–water partition coefficient (Wildman–Crippen LogP) is -0.781. The molecule has 0 saturated carbocycles. The van der Waals surface area contributed by atoms with E-state index in [0.717, 1.165) is 13.0 Å². The van der Waals surface area contributed by atoms with E-state index in [-0.39, 0.29) is 30.0 Å². The average Bonchev–Trinajstić information content (AvgIpc) is 3.44. The Kier molecular flexibility index (Phi) is 9.97. The molecule has 1 fully saturated rings. The lowest BCUT2D eigenvalue weighted by molar-refractivity contribution is -0.142. The smallest absolute Gasteiger partial charge is 0.326 e. The first-order valence-electron chi connectivity index (χ1n) is 10.7. The molecule has 1 aromatic rings. The summed E-state index contributed by atoms with van der Waals surface area (Å²) in [6.45, 7) is 4.51. The normalized spacial score (nSPS) is 18.6. The Morgan fingerprint density at radius 3 is 2.38 bits per heavy atom. The molecule has 4 atom stereocenters. The highest BCUT2D eigenvalue weighted by Gasteiger charge is 2.31. The standard InChI is InChI=1S/C20H32N6O5S/c1-11(2)6-14(18(28)25-15(20(30)31)7-12-8-21-10-23-12)24-19(29)16(9-32)26-17(27)13-4-3-5-22-13/h8,10-11,13-16,22,32H,3-7,9H2,1-2H3,(H,21,23)(H,24,29)(H,25,28)(H,26,27)(H,30,31). The van der Waals surface area contributed by atoms with Crippen LogP contribution in [0.3, 0.4) is 0 Å². The van der Waals surface area contributed by atoms with Crippen LogP contribution >= 0.6 is 12.6 Å². The van der Waals surface area contributed by atoms with Crippen LogP contribution in [0, 0.1) is 5.92 Å². The van der Waals surface area contributed by atoms with Gasteiger partial charge in [0.25, 0.3) is 0 Å². The molecule has 0 aromatic carbocycles. The lowest BCUT2D eigenvalue weighted by atomic mass is 10.0. The third-order valence-electron chi connectivity index (χ3n) is 5.13. The monoisotopic (exact) mass is 468 g/mol. The Labute approximate surface area is 192 Å². The zero-order chi connectivity index (χ0) is 23.7. The molecule has 32 heavy (non-hydrogen) atoms. The molecule has 1 aromatic heterocycles. The molecule has 0 bridgehead atoms. The summed E-state index contributed by atoms with van der Waals surface area (Å²) in [5.41, 5.74) is 0.556. The number of aliphatic carboxylic acids is 1. The quantitative estimate of drug-likeness (QED) is 0.198. The fourth-order valence-corrected chi connectivity index (χ4v) is 3.70. The predicted molar refractivity (Wildman–Crippen MR) is 120 cm³/mol. The molecule has 0 aliphatic carbocycles. The van der Waals surface area contributed by atoms with Crippen LogP contribution < -0.4 is 21.3 Å². The van der Waals surface area contributed by atoms with Crippen LogP contribution in [0.15, 0.2) is 12.5 Å². The number of carboxylic acids is 1. The van der Waals surface area contributed by atoms with Crippen LogP contribution in [-0.4, -0.2) is 75.2 Å². The summed E-state index contributed by atoms with van der Waals surface area (Å²) in [7, 11) is 0. The molecule has 178 valence electrons. The summed E-state index contributed by atoms with van der Waals surface area (Å²) in [5.74, 6) is -2.54. The van der Waals surface area contributed by atoms with E-state index in [9.17, 15) is 24.3 Å². The molecule has 12 heteroatoms. The van der Waals surface area contributed by atoms with Gasteiger partial charge in [0, 0.05) is 24.1 Å². The second-order valence-corrected chi connectivity index (χ2v) is 8.63. The third kappa shape index (κ3) is 7.83. The van der Waals surface area contributed by atoms with Crippen LogP contribution in [-0.2, 0) is 25.6 Å². The molecule has 1 saturated heterocycles. The Morgan fingerprint density at radius 2 is 1.84 bits per heavy atom. The fraction of sp³-hybridized carbons (Fsp3) is 0.650. The molecular weight excluding hydrogens is 436 g/mol. The highest BCUT2D eigenvalue weighted by atomic mass is 32.1.